The van der Waals surface area contributed by atoms with Crippen molar-refractivity contribution in [2.24, 2.45) is 0 Å². The van der Waals surface area contributed by atoms with Crippen molar-refractivity contribution in [1.82, 2.24) is 10.2 Å². The second-order valence-electron chi connectivity index (χ2n) is 4.35. The standard InChI is InChI=1S/C13H18ClFN2/c1-2-12(17-8-6-16-7-9-17)13-10(14)4-3-5-11(13)15/h3-5,12,16H,2,6-9H2,1H3/t12-/m0/s1. The van der Waals surface area contributed by atoms with Crippen LogP contribution in [0.1, 0.15) is 24.9 Å². The molecule has 17 heavy (non-hydrogen) atoms. The average molecular weight is 257 g/mol. The van der Waals surface area contributed by atoms with Crippen molar-refractivity contribution >= 4 is 11.6 Å². The largest absolute Gasteiger partial charge is 0.314 e. The zero-order valence-electron chi connectivity index (χ0n) is 10.0. The number of piperazine rings is 1. The van der Waals surface area contributed by atoms with Gasteiger partial charge in [-0.1, -0.05) is 24.6 Å². The van der Waals surface area contributed by atoms with Crippen molar-refractivity contribution in [2.75, 3.05) is 26.2 Å². The Morgan fingerprint density at radius 1 is 1.41 bits per heavy atom. The predicted octanol–water partition coefficient (Wildman–Crippen LogP) is 2.84. The molecule has 1 fully saturated rings. The Bertz CT molecular complexity index is 357. The van der Waals surface area contributed by atoms with E-state index in [-0.39, 0.29) is 11.9 Å². The maximum atomic E-state index is 13.9. The van der Waals surface area contributed by atoms with Gasteiger partial charge in [-0.05, 0) is 18.6 Å². The molecule has 2 nitrogen and oxygen atoms in total. The summed E-state index contributed by atoms with van der Waals surface area (Å²) in [5, 5.41) is 3.84. The van der Waals surface area contributed by atoms with Gasteiger partial charge in [-0.15, -0.1) is 0 Å². The summed E-state index contributed by atoms with van der Waals surface area (Å²) in [4.78, 5) is 2.31. The van der Waals surface area contributed by atoms with Gasteiger partial charge < -0.3 is 5.32 Å². The first-order valence-electron chi connectivity index (χ1n) is 6.12. The Morgan fingerprint density at radius 2 is 2.12 bits per heavy atom. The van der Waals surface area contributed by atoms with E-state index in [0.717, 1.165) is 32.6 Å². The fourth-order valence-electron chi connectivity index (χ4n) is 2.47. The number of nitrogens with one attached hydrogen (secondary N) is 1. The second-order valence-corrected chi connectivity index (χ2v) is 4.75. The third kappa shape index (κ3) is 2.79. The van der Waals surface area contributed by atoms with E-state index in [9.17, 15) is 4.39 Å². The smallest absolute Gasteiger partial charge is 0.129 e. The number of halogens is 2. The van der Waals surface area contributed by atoms with E-state index in [1.807, 2.05) is 0 Å². The summed E-state index contributed by atoms with van der Waals surface area (Å²) in [6, 6.07) is 5.01. The van der Waals surface area contributed by atoms with E-state index in [0.29, 0.717) is 10.6 Å². The van der Waals surface area contributed by atoms with Gasteiger partial charge in [0.15, 0.2) is 0 Å². The van der Waals surface area contributed by atoms with Crippen molar-refractivity contribution in [2.45, 2.75) is 19.4 Å². The molecule has 0 aliphatic carbocycles. The predicted molar refractivity (Wildman–Crippen MR) is 68.9 cm³/mol. The van der Waals surface area contributed by atoms with Crippen molar-refractivity contribution in [3.05, 3.63) is 34.6 Å². The van der Waals surface area contributed by atoms with Gasteiger partial charge in [0.2, 0.25) is 0 Å². The lowest BCUT2D eigenvalue weighted by Gasteiger charge is -2.35. The molecule has 1 atom stereocenters. The molecule has 0 unspecified atom stereocenters. The van der Waals surface area contributed by atoms with Crippen LogP contribution in [0.5, 0.6) is 0 Å². The molecule has 1 N–H and O–H groups in total. The van der Waals surface area contributed by atoms with Crippen LogP contribution in [-0.4, -0.2) is 31.1 Å². The van der Waals surface area contributed by atoms with Crippen LogP contribution in [0.3, 0.4) is 0 Å². The highest BCUT2D eigenvalue weighted by Crippen LogP contribution is 2.32. The lowest BCUT2D eigenvalue weighted by Crippen LogP contribution is -2.45. The van der Waals surface area contributed by atoms with E-state index >= 15 is 0 Å². The first-order chi connectivity index (χ1) is 8.24. The SMILES string of the molecule is CC[C@@H](c1c(F)cccc1Cl)N1CCNCC1. The monoisotopic (exact) mass is 256 g/mol. The van der Waals surface area contributed by atoms with Gasteiger partial charge in [-0.2, -0.15) is 0 Å². The summed E-state index contributed by atoms with van der Waals surface area (Å²) in [5.41, 5.74) is 0.651. The number of rotatable bonds is 3. The van der Waals surface area contributed by atoms with E-state index < -0.39 is 0 Å². The number of hydrogen-bond acceptors (Lipinski definition) is 2. The van der Waals surface area contributed by atoms with E-state index in [2.05, 4.69) is 17.1 Å². The van der Waals surface area contributed by atoms with Gasteiger partial charge in [0.25, 0.3) is 0 Å². The van der Waals surface area contributed by atoms with Crippen molar-refractivity contribution < 1.29 is 4.39 Å². The molecule has 1 heterocycles. The molecule has 0 spiro atoms. The van der Waals surface area contributed by atoms with E-state index in [1.165, 1.54) is 6.07 Å². The van der Waals surface area contributed by atoms with E-state index in [4.69, 9.17) is 11.6 Å². The molecule has 94 valence electrons. The van der Waals surface area contributed by atoms with Crippen LogP contribution in [0.2, 0.25) is 5.02 Å². The Hall–Kier alpha value is -0.640. The fraction of sp³-hybridized carbons (Fsp3) is 0.538. The molecule has 1 aliphatic heterocycles. The van der Waals surface area contributed by atoms with Crippen LogP contribution in [0.25, 0.3) is 0 Å². The van der Waals surface area contributed by atoms with Crippen molar-refractivity contribution in [3.63, 3.8) is 0 Å². The topological polar surface area (TPSA) is 15.3 Å². The minimum absolute atomic E-state index is 0.0887. The molecule has 0 amide bonds. The number of benzene rings is 1. The van der Waals surface area contributed by atoms with Crippen molar-refractivity contribution in [1.29, 1.82) is 0 Å². The molecule has 1 aromatic rings. The zero-order chi connectivity index (χ0) is 12.3. The lowest BCUT2D eigenvalue weighted by molar-refractivity contribution is 0.166. The summed E-state index contributed by atoms with van der Waals surface area (Å²) in [6.45, 7) is 5.90. The molecule has 2 rings (SSSR count). The molecule has 1 aromatic carbocycles. The third-order valence-corrected chi connectivity index (χ3v) is 3.64. The Balaban J connectivity index is 2.27. The van der Waals surface area contributed by atoms with Crippen LogP contribution >= 0.6 is 11.6 Å². The summed E-state index contributed by atoms with van der Waals surface area (Å²) in [5.74, 6) is -0.192. The molecule has 1 aliphatic rings. The molecular formula is C13H18ClFN2. The fourth-order valence-corrected chi connectivity index (χ4v) is 2.76. The van der Waals surface area contributed by atoms with Gasteiger partial charge in [0.05, 0.1) is 0 Å². The summed E-state index contributed by atoms with van der Waals surface area (Å²) >= 11 is 6.14. The summed E-state index contributed by atoms with van der Waals surface area (Å²) < 4.78 is 13.9. The summed E-state index contributed by atoms with van der Waals surface area (Å²) in [6.07, 6.45) is 0.876. The van der Waals surface area contributed by atoms with Gasteiger partial charge in [0.1, 0.15) is 5.82 Å². The van der Waals surface area contributed by atoms with Gasteiger partial charge in [0, 0.05) is 42.8 Å². The maximum Gasteiger partial charge on any atom is 0.129 e. The third-order valence-electron chi connectivity index (χ3n) is 3.31. The first-order valence-corrected chi connectivity index (χ1v) is 6.50. The Kier molecular flexibility index (Phi) is 4.37. The zero-order valence-corrected chi connectivity index (χ0v) is 10.8. The Labute approximate surface area is 107 Å². The molecule has 0 radical (unpaired) electrons. The minimum atomic E-state index is -0.192. The Morgan fingerprint density at radius 3 is 2.71 bits per heavy atom. The van der Waals surface area contributed by atoms with Crippen LogP contribution in [0, 0.1) is 5.82 Å². The van der Waals surface area contributed by atoms with Crippen LogP contribution < -0.4 is 5.32 Å². The first kappa shape index (κ1) is 12.8. The van der Waals surface area contributed by atoms with Crippen LogP contribution in [0.15, 0.2) is 18.2 Å². The lowest BCUT2D eigenvalue weighted by atomic mass is 10.0. The molecule has 0 bridgehead atoms. The highest BCUT2D eigenvalue weighted by atomic mass is 35.5. The normalized spacial score (nSPS) is 19.2. The summed E-state index contributed by atoms with van der Waals surface area (Å²) in [7, 11) is 0. The van der Waals surface area contributed by atoms with E-state index in [1.54, 1.807) is 12.1 Å². The van der Waals surface area contributed by atoms with Gasteiger partial charge in [-0.25, -0.2) is 4.39 Å². The molecular weight excluding hydrogens is 239 g/mol. The molecule has 0 saturated carbocycles. The van der Waals surface area contributed by atoms with Crippen LogP contribution in [-0.2, 0) is 0 Å². The van der Waals surface area contributed by atoms with Gasteiger partial charge in [-0.3, -0.25) is 4.90 Å². The average Bonchev–Trinajstić information content (AvgIpc) is 2.35. The van der Waals surface area contributed by atoms with Gasteiger partial charge >= 0.3 is 0 Å². The second kappa shape index (κ2) is 5.80. The number of hydrogen-bond donors (Lipinski definition) is 1. The quantitative estimate of drug-likeness (QED) is 0.895. The molecule has 0 aromatic heterocycles. The highest BCUT2D eigenvalue weighted by Gasteiger charge is 2.24. The highest BCUT2D eigenvalue weighted by molar-refractivity contribution is 6.31. The van der Waals surface area contributed by atoms with Crippen LogP contribution in [0.4, 0.5) is 4.39 Å². The minimum Gasteiger partial charge on any atom is -0.314 e. The van der Waals surface area contributed by atoms with Crippen molar-refractivity contribution in [3.8, 4) is 0 Å². The molecule has 1 saturated heterocycles. The molecule has 4 heteroatoms. The number of nitrogens with zero attached hydrogens (tertiary/aromatic N) is 1. The maximum absolute atomic E-state index is 13.9.